The minimum atomic E-state index is -0.597. The van der Waals surface area contributed by atoms with Crippen molar-refractivity contribution in [1.82, 2.24) is 0 Å². The Balaban J connectivity index is 1.72. The molecule has 3 aliphatic carbocycles. The summed E-state index contributed by atoms with van der Waals surface area (Å²) in [5, 5.41) is 20.2. The molecule has 7 atom stereocenters. The quantitative estimate of drug-likeness (QED) is 0.500. The predicted molar refractivity (Wildman–Crippen MR) is 127 cm³/mol. The van der Waals surface area contributed by atoms with E-state index in [1.54, 1.807) is 5.57 Å². The number of aliphatic hydroxyl groups is 2. The molecule has 170 valence electrons. The molecule has 3 saturated carbocycles. The van der Waals surface area contributed by atoms with Gasteiger partial charge in [-0.3, -0.25) is 0 Å². The van der Waals surface area contributed by atoms with Crippen LogP contribution in [0.5, 0.6) is 0 Å². The maximum absolute atomic E-state index is 10.1. The summed E-state index contributed by atoms with van der Waals surface area (Å²) in [4.78, 5) is 0. The molecule has 3 rings (SSSR count). The third-order valence-electron chi connectivity index (χ3n) is 9.20. The summed E-state index contributed by atoms with van der Waals surface area (Å²) in [6, 6.07) is 0. The number of hydrogen-bond acceptors (Lipinski definition) is 2. The number of fused-ring (bicyclic) bond motifs is 1. The van der Waals surface area contributed by atoms with Gasteiger partial charge in [-0.2, -0.15) is 0 Å². The molecular weight excluding hydrogens is 368 g/mol. The summed E-state index contributed by atoms with van der Waals surface area (Å²) in [5.74, 6) is 3.95. The first-order chi connectivity index (χ1) is 14.1. The van der Waals surface area contributed by atoms with E-state index in [2.05, 4.69) is 53.3 Å². The zero-order chi connectivity index (χ0) is 22.1. The van der Waals surface area contributed by atoms with Gasteiger partial charge in [-0.05, 0) is 84.7 Å². The molecule has 0 bridgehead atoms. The molecule has 0 aliphatic heterocycles. The Morgan fingerprint density at radius 3 is 2.53 bits per heavy atom. The minimum Gasteiger partial charge on any atom is -0.393 e. The highest BCUT2D eigenvalue weighted by Crippen LogP contribution is 2.60. The summed E-state index contributed by atoms with van der Waals surface area (Å²) in [6.07, 6.45) is 13.8. The molecule has 30 heavy (non-hydrogen) atoms. The maximum atomic E-state index is 10.1. The van der Waals surface area contributed by atoms with Crippen LogP contribution >= 0.6 is 0 Å². The second kappa shape index (κ2) is 9.74. The normalized spacial score (nSPS) is 39.5. The van der Waals surface area contributed by atoms with E-state index in [0.717, 1.165) is 34.8 Å². The number of allylic oxidation sites excluding steroid dienone is 3. The van der Waals surface area contributed by atoms with Crippen molar-refractivity contribution in [2.75, 3.05) is 0 Å². The van der Waals surface area contributed by atoms with Gasteiger partial charge in [0.05, 0.1) is 12.2 Å². The second-order valence-corrected chi connectivity index (χ2v) is 11.4. The SMILES string of the molecule is C=C1/C(=C/C=C2\CCC[C@]3(C)[C@@H]([C@H](C)CC[C@H](C)C(C)C)CC[C@@H]23)C[C@@H](O)C[C@@H]1O. The van der Waals surface area contributed by atoms with Gasteiger partial charge in [0.25, 0.3) is 0 Å². The Labute approximate surface area is 185 Å². The average Bonchev–Trinajstić information content (AvgIpc) is 3.04. The fraction of sp³-hybridized carbons (Fsp3) is 0.786. The van der Waals surface area contributed by atoms with E-state index in [0.29, 0.717) is 24.2 Å². The third-order valence-corrected chi connectivity index (χ3v) is 9.20. The monoisotopic (exact) mass is 414 g/mol. The molecule has 2 N–H and O–H groups in total. The first kappa shape index (κ1) is 23.8. The van der Waals surface area contributed by atoms with Gasteiger partial charge in [0.15, 0.2) is 0 Å². The lowest BCUT2D eigenvalue weighted by atomic mass is 9.60. The first-order valence-corrected chi connectivity index (χ1v) is 12.6. The van der Waals surface area contributed by atoms with Crippen molar-refractivity contribution >= 4 is 0 Å². The molecule has 0 aromatic carbocycles. The topological polar surface area (TPSA) is 40.5 Å². The molecule has 0 radical (unpaired) electrons. The van der Waals surface area contributed by atoms with Gasteiger partial charge in [0.2, 0.25) is 0 Å². The van der Waals surface area contributed by atoms with Gasteiger partial charge >= 0.3 is 0 Å². The lowest BCUT2D eigenvalue weighted by Gasteiger charge is -2.44. The van der Waals surface area contributed by atoms with E-state index < -0.39 is 12.2 Å². The van der Waals surface area contributed by atoms with Crippen molar-refractivity contribution in [2.24, 2.45) is 35.0 Å². The smallest absolute Gasteiger partial charge is 0.0811 e. The fourth-order valence-corrected chi connectivity index (χ4v) is 6.74. The Kier molecular flexibility index (Phi) is 7.72. The summed E-state index contributed by atoms with van der Waals surface area (Å²) in [7, 11) is 0. The first-order valence-electron chi connectivity index (χ1n) is 12.6. The van der Waals surface area contributed by atoms with Gasteiger partial charge in [-0.25, -0.2) is 0 Å². The molecule has 0 aromatic heterocycles. The van der Waals surface area contributed by atoms with Gasteiger partial charge in [-0.15, -0.1) is 0 Å². The van der Waals surface area contributed by atoms with Crippen LogP contribution in [0.1, 0.15) is 92.4 Å². The third kappa shape index (κ3) is 4.96. The molecule has 0 aromatic rings. The molecule has 3 fully saturated rings. The number of aliphatic hydroxyl groups excluding tert-OH is 2. The lowest BCUT2D eigenvalue weighted by Crippen LogP contribution is -2.36. The van der Waals surface area contributed by atoms with E-state index in [9.17, 15) is 10.2 Å². The largest absolute Gasteiger partial charge is 0.393 e. The van der Waals surface area contributed by atoms with Crippen molar-refractivity contribution < 1.29 is 10.2 Å². The van der Waals surface area contributed by atoms with Crippen LogP contribution in [0.25, 0.3) is 0 Å². The molecule has 0 spiro atoms. The van der Waals surface area contributed by atoms with Crippen molar-refractivity contribution in [1.29, 1.82) is 0 Å². The highest BCUT2D eigenvalue weighted by Gasteiger charge is 2.50. The summed E-state index contributed by atoms with van der Waals surface area (Å²) < 4.78 is 0. The van der Waals surface area contributed by atoms with Crippen LogP contribution in [0.2, 0.25) is 0 Å². The number of hydrogen-bond donors (Lipinski definition) is 2. The lowest BCUT2D eigenvalue weighted by molar-refractivity contribution is 0.0861. The van der Waals surface area contributed by atoms with Crippen molar-refractivity contribution in [3.05, 3.63) is 35.5 Å². The summed E-state index contributed by atoms with van der Waals surface area (Å²) in [6.45, 7) is 16.3. The van der Waals surface area contributed by atoms with Gasteiger partial charge in [0.1, 0.15) is 0 Å². The van der Waals surface area contributed by atoms with Crippen LogP contribution in [-0.2, 0) is 0 Å². The van der Waals surface area contributed by atoms with E-state index >= 15 is 0 Å². The highest BCUT2D eigenvalue weighted by atomic mass is 16.3. The predicted octanol–water partition coefficient (Wildman–Crippen LogP) is 6.84. The van der Waals surface area contributed by atoms with Gasteiger partial charge in [0, 0.05) is 6.42 Å². The van der Waals surface area contributed by atoms with Crippen LogP contribution in [0.4, 0.5) is 0 Å². The molecule has 2 heteroatoms. The van der Waals surface area contributed by atoms with E-state index in [-0.39, 0.29) is 0 Å². The van der Waals surface area contributed by atoms with E-state index in [4.69, 9.17) is 0 Å². The Bertz CT molecular complexity index is 672. The molecule has 2 nitrogen and oxygen atoms in total. The van der Waals surface area contributed by atoms with Crippen molar-refractivity contribution in [3.63, 3.8) is 0 Å². The fourth-order valence-electron chi connectivity index (χ4n) is 6.74. The van der Waals surface area contributed by atoms with E-state index in [1.165, 1.54) is 44.9 Å². The van der Waals surface area contributed by atoms with Crippen LogP contribution in [0.15, 0.2) is 35.5 Å². The van der Waals surface area contributed by atoms with Crippen LogP contribution in [-0.4, -0.2) is 22.4 Å². The van der Waals surface area contributed by atoms with Gasteiger partial charge < -0.3 is 10.2 Å². The minimum absolute atomic E-state index is 0.419. The molecule has 0 amide bonds. The molecule has 0 saturated heterocycles. The van der Waals surface area contributed by atoms with E-state index in [1.807, 2.05) is 0 Å². The Hall–Kier alpha value is -0.860. The Morgan fingerprint density at radius 1 is 1.10 bits per heavy atom. The number of rotatable bonds is 6. The Morgan fingerprint density at radius 2 is 1.83 bits per heavy atom. The summed E-state index contributed by atoms with van der Waals surface area (Å²) >= 11 is 0. The second-order valence-electron chi connectivity index (χ2n) is 11.4. The molecule has 0 heterocycles. The average molecular weight is 415 g/mol. The molecular formula is C28H46O2. The molecule has 3 aliphatic rings. The van der Waals surface area contributed by atoms with Crippen molar-refractivity contribution in [2.45, 2.75) is 105 Å². The van der Waals surface area contributed by atoms with Crippen molar-refractivity contribution in [3.8, 4) is 0 Å². The zero-order valence-electron chi connectivity index (χ0n) is 20.2. The van der Waals surface area contributed by atoms with Gasteiger partial charge in [-0.1, -0.05) is 71.8 Å². The summed E-state index contributed by atoms with van der Waals surface area (Å²) in [5.41, 5.74) is 3.87. The molecule has 0 unspecified atom stereocenters. The van der Waals surface area contributed by atoms with Crippen LogP contribution < -0.4 is 0 Å². The highest BCUT2D eigenvalue weighted by molar-refractivity contribution is 5.38. The van der Waals surface area contributed by atoms with Crippen LogP contribution in [0, 0.1) is 35.0 Å². The maximum Gasteiger partial charge on any atom is 0.0811 e. The zero-order valence-corrected chi connectivity index (χ0v) is 20.2. The van der Waals surface area contributed by atoms with Crippen LogP contribution in [0.3, 0.4) is 0 Å². The standard InChI is InChI=1S/C28H46O2/c1-18(2)19(3)9-10-20(4)25-13-14-26-22(8-7-15-28(25,26)6)11-12-23-16-24(29)17-27(30)21(23)5/h11-12,18-20,24-27,29-30H,5,7-10,13-17H2,1-4,6H3/b22-11+,23-12+/t19-,20+,24+,25+,26-,27-,28+/m0/s1.